The maximum absolute atomic E-state index is 14.5. The number of rotatable bonds is 6. The molecule has 1 aromatic rings. The molecular formula is C36H49N5O8S. The smallest absolute Gasteiger partial charge is 0.408 e. The van der Waals surface area contributed by atoms with Crippen molar-refractivity contribution < 1.29 is 37.1 Å². The van der Waals surface area contributed by atoms with Gasteiger partial charge < -0.3 is 25.2 Å². The van der Waals surface area contributed by atoms with Crippen molar-refractivity contribution in [3.05, 3.63) is 48.0 Å². The Hall–Kier alpha value is -3.94. The van der Waals surface area contributed by atoms with Gasteiger partial charge in [0.15, 0.2) is 0 Å². The van der Waals surface area contributed by atoms with Crippen LogP contribution in [-0.4, -0.2) is 96.0 Å². The molecule has 2 saturated heterocycles. The fourth-order valence-electron chi connectivity index (χ4n) is 7.61. The number of hydrogen-bond acceptors (Lipinski definition) is 8. The van der Waals surface area contributed by atoms with Crippen molar-refractivity contribution >= 4 is 39.7 Å². The largest absolute Gasteiger partial charge is 0.444 e. The number of sulfonamides is 1. The Morgan fingerprint density at radius 2 is 1.74 bits per heavy atom. The lowest BCUT2D eigenvalue weighted by Crippen LogP contribution is -2.60. The molecule has 14 heteroatoms. The number of fused-ring (bicyclic) bond motifs is 4. The second-order valence-corrected chi connectivity index (χ2v) is 17.5. The van der Waals surface area contributed by atoms with Crippen LogP contribution in [-0.2, 0) is 40.4 Å². The molecule has 0 spiro atoms. The number of ether oxygens (including phenoxy) is 1. The minimum Gasteiger partial charge on any atom is -0.444 e. The zero-order chi connectivity index (χ0) is 35.8. The third kappa shape index (κ3) is 8.00. The van der Waals surface area contributed by atoms with Crippen molar-refractivity contribution in [3.8, 4) is 0 Å². The van der Waals surface area contributed by atoms with Crippen molar-refractivity contribution in [2.24, 2.45) is 17.8 Å². The molecule has 0 bridgehead atoms. The van der Waals surface area contributed by atoms with E-state index in [-0.39, 0.29) is 37.8 Å². The number of alkyl carbamates (subject to hydrolysis) is 1. The first-order valence-corrected chi connectivity index (χ1v) is 19.4. The molecule has 5 aliphatic rings. The average molecular weight is 712 g/mol. The Bertz CT molecular complexity index is 1640. The van der Waals surface area contributed by atoms with Crippen molar-refractivity contribution in [2.75, 3.05) is 19.6 Å². The highest BCUT2D eigenvalue weighted by molar-refractivity contribution is 7.91. The number of hydrogen-bond donors (Lipinski definition) is 3. The summed E-state index contributed by atoms with van der Waals surface area (Å²) in [6.07, 6.45) is 7.75. The van der Waals surface area contributed by atoms with Crippen LogP contribution in [0.2, 0.25) is 0 Å². The number of nitrogens with zero attached hydrogens (tertiary/aromatic N) is 2. The first-order chi connectivity index (χ1) is 23.7. The van der Waals surface area contributed by atoms with Crippen LogP contribution in [0.3, 0.4) is 0 Å². The molecule has 50 heavy (non-hydrogen) atoms. The summed E-state index contributed by atoms with van der Waals surface area (Å²) in [5.74, 6) is -2.93. The molecule has 2 saturated carbocycles. The molecule has 0 radical (unpaired) electrons. The lowest BCUT2D eigenvalue weighted by molar-refractivity contribution is -0.142. The summed E-state index contributed by atoms with van der Waals surface area (Å²) >= 11 is 0. The van der Waals surface area contributed by atoms with Crippen molar-refractivity contribution in [3.63, 3.8) is 0 Å². The molecule has 3 aliphatic heterocycles. The number of amides is 5. The van der Waals surface area contributed by atoms with Crippen LogP contribution in [0.15, 0.2) is 42.5 Å². The molecule has 1 aromatic carbocycles. The van der Waals surface area contributed by atoms with E-state index in [4.69, 9.17) is 4.74 Å². The van der Waals surface area contributed by atoms with Crippen LogP contribution in [0.1, 0.15) is 77.7 Å². The second kappa shape index (κ2) is 14.0. The number of benzene rings is 1. The highest BCUT2D eigenvalue weighted by Gasteiger charge is 2.63. The molecule has 6 rings (SSSR count). The van der Waals surface area contributed by atoms with E-state index < -0.39 is 74.1 Å². The summed E-state index contributed by atoms with van der Waals surface area (Å²) in [6.45, 7) is 5.97. The van der Waals surface area contributed by atoms with Crippen LogP contribution >= 0.6 is 0 Å². The molecule has 0 aromatic heterocycles. The third-order valence-corrected chi connectivity index (χ3v) is 12.3. The van der Waals surface area contributed by atoms with Crippen LogP contribution in [0.5, 0.6) is 0 Å². The van der Waals surface area contributed by atoms with Gasteiger partial charge in [0.1, 0.15) is 23.2 Å². The van der Waals surface area contributed by atoms with Crippen LogP contribution in [0, 0.1) is 17.8 Å². The molecule has 5 amide bonds. The first kappa shape index (κ1) is 35.9. The lowest BCUT2D eigenvalue weighted by atomic mass is 9.93. The highest BCUT2D eigenvalue weighted by Crippen LogP contribution is 2.47. The number of likely N-dealkylation sites (tertiary alicyclic amines) is 1. The fourth-order valence-corrected chi connectivity index (χ4v) is 8.97. The van der Waals surface area contributed by atoms with E-state index in [2.05, 4.69) is 15.4 Å². The molecule has 4 fully saturated rings. The summed E-state index contributed by atoms with van der Waals surface area (Å²) in [7, 11) is -3.88. The maximum atomic E-state index is 14.5. The molecule has 6 atom stereocenters. The summed E-state index contributed by atoms with van der Waals surface area (Å²) in [4.78, 5) is 72.1. The Morgan fingerprint density at radius 3 is 2.44 bits per heavy atom. The highest BCUT2D eigenvalue weighted by atomic mass is 32.2. The minimum atomic E-state index is -3.88. The lowest BCUT2D eigenvalue weighted by Gasteiger charge is -2.33. The van der Waals surface area contributed by atoms with Gasteiger partial charge in [-0.05, 0) is 64.9 Å². The third-order valence-electron chi connectivity index (χ3n) is 10.5. The first-order valence-electron chi connectivity index (χ1n) is 17.8. The summed E-state index contributed by atoms with van der Waals surface area (Å²) in [5.41, 5.74) is -1.40. The number of carbonyl (C=O) groups excluding carboxylic acids is 5. The zero-order valence-electron chi connectivity index (χ0n) is 29.1. The van der Waals surface area contributed by atoms with Crippen molar-refractivity contribution in [2.45, 2.75) is 107 Å². The minimum absolute atomic E-state index is 0.0842. The molecule has 3 N–H and O–H groups in total. The number of allylic oxidation sites excluding steroid dienone is 1. The number of nitrogens with one attached hydrogen (secondary N) is 3. The average Bonchev–Trinajstić information content (AvgIpc) is 3.93. The topological polar surface area (TPSA) is 171 Å². The van der Waals surface area contributed by atoms with E-state index in [9.17, 15) is 32.4 Å². The molecular weight excluding hydrogens is 662 g/mol. The second-order valence-electron chi connectivity index (χ2n) is 15.5. The SMILES string of the molecule is CC(C)(C)OC(=O)N[C@@H]1CCCCC/C=C\[C@H]2C[C@@]2(C(=O)NS(=O)(=O)C2CC2)NC(=O)[C@@H]2[C@H]3CN(C(=O)Cc4ccccc4)C[C@H]3CN2C1=O. The maximum Gasteiger partial charge on any atom is 0.408 e. The van der Waals surface area contributed by atoms with Gasteiger partial charge >= 0.3 is 6.09 Å². The fraction of sp³-hybridized carbons (Fsp3) is 0.639. The predicted octanol–water partition coefficient (Wildman–Crippen LogP) is 2.41. The summed E-state index contributed by atoms with van der Waals surface area (Å²) < 4.78 is 33.3. The Labute approximate surface area is 294 Å². The van der Waals surface area contributed by atoms with E-state index in [1.165, 1.54) is 4.90 Å². The van der Waals surface area contributed by atoms with Crippen molar-refractivity contribution in [1.29, 1.82) is 0 Å². The zero-order valence-corrected chi connectivity index (χ0v) is 29.9. The van der Waals surface area contributed by atoms with Gasteiger partial charge in [0.2, 0.25) is 27.7 Å². The van der Waals surface area contributed by atoms with Gasteiger partial charge in [-0.15, -0.1) is 0 Å². The van der Waals surface area contributed by atoms with Crippen LogP contribution < -0.4 is 15.4 Å². The van der Waals surface area contributed by atoms with Gasteiger partial charge in [0, 0.05) is 37.4 Å². The van der Waals surface area contributed by atoms with E-state index >= 15 is 0 Å². The summed E-state index contributed by atoms with van der Waals surface area (Å²) in [6, 6.07) is 7.39. The van der Waals surface area contributed by atoms with Gasteiger partial charge in [-0.1, -0.05) is 55.3 Å². The van der Waals surface area contributed by atoms with Crippen LogP contribution in [0.25, 0.3) is 0 Å². The standard InChI is InChI=1S/C36H49N5O8S/c1-35(2,3)49-34(46)37-28-15-11-6-4-5-10-14-25-19-36(25,33(45)39-50(47,48)26-16-17-26)38-31(43)30-27-22-40(20-24(27)21-41(30)32(28)44)29(42)18-23-12-8-7-9-13-23/h7-10,12-14,24-28,30H,4-6,11,15-22H2,1-3H3,(H,37,46)(H,38,43)(H,39,45)/b14-10-/t24-,25-,27-,28+,30-,36+/m0/s1. The predicted molar refractivity (Wildman–Crippen MR) is 184 cm³/mol. The Balaban J connectivity index is 1.29. The molecule has 0 unspecified atom stereocenters. The van der Waals surface area contributed by atoms with Gasteiger partial charge in [-0.25, -0.2) is 13.2 Å². The quantitative estimate of drug-likeness (QED) is 0.378. The van der Waals surface area contributed by atoms with Crippen LogP contribution in [0.4, 0.5) is 4.79 Å². The molecule has 13 nitrogen and oxygen atoms in total. The monoisotopic (exact) mass is 711 g/mol. The Kier molecular flexibility index (Phi) is 10.0. The molecule has 2 aliphatic carbocycles. The van der Waals surface area contributed by atoms with E-state index in [0.717, 1.165) is 18.4 Å². The van der Waals surface area contributed by atoms with Gasteiger partial charge in [-0.2, -0.15) is 0 Å². The van der Waals surface area contributed by atoms with E-state index in [1.807, 2.05) is 42.5 Å². The number of carbonyl (C=O) groups is 5. The molecule has 272 valence electrons. The van der Waals surface area contributed by atoms with E-state index in [1.54, 1.807) is 25.7 Å². The van der Waals surface area contributed by atoms with Gasteiger partial charge in [0.25, 0.3) is 5.91 Å². The summed E-state index contributed by atoms with van der Waals surface area (Å²) in [5, 5.41) is 5.05. The van der Waals surface area contributed by atoms with Gasteiger partial charge in [0.05, 0.1) is 11.7 Å². The molecule has 3 heterocycles. The van der Waals surface area contributed by atoms with Gasteiger partial charge in [-0.3, -0.25) is 23.9 Å². The van der Waals surface area contributed by atoms with Crippen molar-refractivity contribution in [1.82, 2.24) is 25.2 Å². The van der Waals surface area contributed by atoms with E-state index in [0.29, 0.717) is 38.6 Å². The Morgan fingerprint density at radius 1 is 1.00 bits per heavy atom. The normalized spacial score (nSPS) is 30.8.